The molecule has 1 rings (SSSR count). The lowest BCUT2D eigenvalue weighted by atomic mass is 10.1. The normalized spacial score (nSPS) is 11.1. The van der Waals surface area contributed by atoms with Crippen LogP contribution in [0.3, 0.4) is 0 Å². The molecular weight excluding hydrogens is 284 g/mol. The standard InChI is InChI=1S/C16H28N2O2S/c1-5-6-9-20-10-7-8-17-16(19)15-13(4)18-14(21-15)11-12(2)3/h12H,5-11H2,1-4H3,(H,17,19). The average Bonchev–Trinajstić information content (AvgIpc) is 2.77. The second-order valence-electron chi connectivity index (χ2n) is 5.70. The van der Waals surface area contributed by atoms with Crippen LogP contribution in [0.15, 0.2) is 0 Å². The van der Waals surface area contributed by atoms with Crippen LogP contribution < -0.4 is 5.32 Å². The lowest BCUT2D eigenvalue weighted by Gasteiger charge is -2.05. The molecule has 0 aromatic carbocycles. The van der Waals surface area contributed by atoms with Gasteiger partial charge in [-0.1, -0.05) is 27.2 Å². The van der Waals surface area contributed by atoms with E-state index in [-0.39, 0.29) is 5.91 Å². The Labute approximate surface area is 132 Å². The predicted molar refractivity (Wildman–Crippen MR) is 88.1 cm³/mol. The van der Waals surface area contributed by atoms with Gasteiger partial charge in [0.15, 0.2) is 0 Å². The minimum absolute atomic E-state index is 0.00596. The maximum Gasteiger partial charge on any atom is 0.263 e. The van der Waals surface area contributed by atoms with Gasteiger partial charge in [-0.3, -0.25) is 4.79 Å². The van der Waals surface area contributed by atoms with Gasteiger partial charge >= 0.3 is 0 Å². The molecule has 0 aliphatic heterocycles. The van der Waals surface area contributed by atoms with Crippen LogP contribution in [0.4, 0.5) is 0 Å². The molecule has 1 aromatic heterocycles. The molecule has 0 spiro atoms. The molecule has 4 nitrogen and oxygen atoms in total. The summed E-state index contributed by atoms with van der Waals surface area (Å²) >= 11 is 1.52. The van der Waals surface area contributed by atoms with Gasteiger partial charge in [-0.25, -0.2) is 4.98 Å². The lowest BCUT2D eigenvalue weighted by molar-refractivity contribution is 0.0943. The minimum Gasteiger partial charge on any atom is -0.381 e. The number of aromatic nitrogens is 1. The van der Waals surface area contributed by atoms with Crippen molar-refractivity contribution >= 4 is 17.2 Å². The number of nitrogens with zero attached hydrogens (tertiary/aromatic N) is 1. The number of hydrogen-bond acceptors (Lipinski definition) is 4. The van der Waals surface area contributed by atoms with Crippen molar-refractivity contribution in [2.24, 2.45) is 5.92 Å². The maximum absolute atomic E-state index is 12.1. The largest absolute Gasteiger partial charge is 0.381 e. The van der Waals surface area contributed by atoms with Gasteiger partial charge in [0.05, 0.1) is 10.7 Å². The number of ether oxygens (including phenoxy) is 1. The number of rotatable bonds is 10. The Bertz CT molecular complexity index is 430. The molecule has 1 N–H and O–H groups in total. The van der Waals surface area contributed by atoms with Crippen molar-refractivity contribution in [2.45, 2.75) is 53.4 Å². The molecule has 0 saturated carbocycles. The smallest absolute Gasteiger partial charge is 0.263 e. The van der Waals surface area contributed by atoms with Gasteiger partial charge in [-0.2, -0.15) is 0 Å². The van der Waals surface area contributed by atoms with Crippen LogP contribution in [0.25, 0.3) is 0 Å². The molecule has 0 fully saturated rings. The Balaban J connectivity index is 2.30. The van der Waals surface area contributed by atoms with Gasteiger partial charge in [0.25, 0.3) is 5.91 Å². The fourth-order valence-corrected chi connectivity index (χ4v) is 3.10. The number of amides is 1. The number of hydrogen-bond donors (Lipinski definition) is 1. The van der Waals surface area contributed by atoms with Crippen LogP contribution in [-0.2, 0) is 11.2 Å². The van der Waals surface area contributed by atoms with Crippen molar-refractivity contribution in [2.75, 3.05) is 19.8 Å². The van der Waals surface area contributed by atoms with E-state index in [0.717, 1.165) is 47.9 Å². The monoisotopic (exact) mass is 312 g/mol. The Morgan fingerprint density at radius 1 is 1.33 bits per heavy atom. The Kier molecular flexibility index (Phi) is 8.54. The quantitative estimate of drug-likeness (QED) is 0.672. The molecule has 1 aromatic rings. The molecule has 21 heavy (non-hydrogen) atoms. The maximum atomic E-state index is 12.1. The number of unbranched alkanes of at least 4 members (excludes halogenated alkanes) is 1. The Morgan fingerprint density at radius 2 is 2.05 bits per heavy atom. The zero-order valence-electron chi connectivity index (χ0n) is 13.7. The van der Waals surface area contributed by atoms with Gasteiger partial charge in [0.2, 0.25) is 0 Å². The summed E-state index contributed by atoms with van der Waals surface area (Å²) in [6.07, 6.45) is 4.04. The third-order valence-corrected chi connectivity index (χ3v) is 4.20. The van der Waals surface area contributed by atoms with Gasteiger partial charge in [0.1, 0.15) is 4.88 Å². The molecular formula is C16H28N2O2S. The van der Waals surface area contributed by atoms with Crippen LogP contribution in [-0.4, -0.2) is 30.6 Å². The number of carbonyl (C=O) groups is 1. The van der Waals surface area contributed by atoms with Crippen molar-refractivity contribution in [1.82, 2.24) is 10.3 Å². The summed E-state index contributed by atoms with van der Waals surface area (Å²) in [5, 5.41) is 4.00. The van der Waals surface area contributed by atoms with Crippen molar-refractivity contribution < 1.29 is 9.53 Å². The van der Waals surface area contributed by atoms with Gasteiger partial charge < -0.3 is 10.1 Å². The number of carbonyl (C=O) groups excluding carboxylic acids is 1. The van der Waals surface area contributed by atoms with Crippen molar-refractivity contribution in [1.29, 1.82) is 0 Å². The molecule has 0 unspecified atom stereocenters. The summed E-state index contributed by atoms with van der Waals surface area (Å²) in [4.78, 5) is 17.3. The van der Waals surface area contributed by atoms with Crippen molar-refractivity contribution in [3.8, 4) is 0 Å². The number of nitrogens with one attached hydrogen (secondary N) is 1. The van der Waals surface area contributed by atoms with Gasteiger partial charge in [0, 0.05) is 26.2 Å². The fourth-order valence-electron chi connectivity index (χ4n) is 1.90. The second-order valence-corrected chi connectivity index (χ2v) is 6.78. The van der Waals surface area contributed by atoms with Crippen LogP contribution in [0, 0.1) is 12.8 Å². The minimum atomic E-state index is -0.00596. The van der Waals surface area contributed by atoms with Gasteiger partial charge in [-0.15, -0.1) is 11.3 Å². The van der Waals surface area contributed by atoms with Gasteiger partial charge in [-0.05, 0) is 25.7 Å². The Hall–Kier alpha value is -0.940. The summed E-state index contributed by atoms with van der Waals surface area (Å²) in [6.45, 7) is 10.6. The Morgan fingerprint density at radius 3 is 2.71 bits per heavy atom. The highest BCUT2D eigenvalue weighted by atomic mass is 32.1. The highest BCUT2D eigenvalue weighted by Gasteiger charge is 2.15. The average molecular weight is 312 g/mol. The molecule has 0 atom stereocenters. The molecule has 1 heterocycles. The highest BCUT2D eigenvalue weighted by molar-refractivity contribution is 7.13. The zero-order valence-corrected chi connectivity index (χ0v) is 14.5. The van der Waals surface area contributed by atoms with Crippen LogP contribution in [0.2, 0.25) is 0 Å². The van der Waals surface area contributed by atoms with E-state index in [4.69, 9.17) is 4.74 Å². The summed E-state index contributed by atoms with van der Waals surface area (Å²) in [7, 11) is 0. The topological polar surface area (TPSA) is 51.2 Å². The fraction of sp³-hybridized carbons (Fsp3) is 0.750. The van der Waals surface area contributed by atoms with Crippen molar-refractivity contribution in [3.05, 3.63) is 15.6 Å². The molecule has 1 amide bonds. The second kappa shape index (κ2) is 9.90. The van der Waals surface area contributed by atoms with Crippen LogP contribution >= 0.6 is 11.3 Å². The summed E-state index contributed by atoms with van der Waals surface area (Å²) in [6, 6.07) is 0. The highest BCUT2D eigenvalue weighted by Crippen LogP contribution is 2.20. The molecule has 0 bridgehead atoms. The number of aryl methyl sites for hydroxylation is 1. The number of thiazole rings is 1. The summed E-state index contributed by atoms with van der Waals surface area (Å²) in [5.41, 5.74) is 0.840. The first-order valence-electron chi connectivity index (χ1n) is 7.86. The van der Waals surface area contributed by atoms with E-state index >= 15 is 0 Å². The SMILES string of the molecule is CCCCOCCCNC(=O)c1sc(CC(C)C)nc1C. The van der Waals surface area contributed by atoms with E-state index in [9.17, 15) is 4.79 Å². The zero-order chi connectivity index (χ0) is 15.7. The third kappa shape index (κ3) is 7.05. The van der Waals surface area contributed by atoms with E-state index in [0.29, 0.717) is 19.1 Å². The van der Waals surface area contributed by atoms with Crippen LogP contribution in [0.5, 0.6) is 0 Å². The summed E-state index contributed by atoms with van der Waals surface area (Å²) < 4.78 is 5.47. The first-order chi connectivity index (χ1) is 10.0. The molecule has 0 aliphatic rings. The van der Waals surface area contributed by atoms with E-state index in [2.05, 4.69) is 31.1 Å². The molecule has 5 heteroatoms. The molecule has 0 radical (unpaired) electrons. The molecule has 0 saturated heterocycles. The first-order valence-corrected chi connectivity index (χ1v) is 8.68. The van der Waals surface area contributed by atoms with E-state index in [1.165, 1.54) is 11.3 Å². The van der Waals surface area contributed by atoms with E-state index in [1.807, 2.05) is 6.92 Å². The first kappa shape index (κ1) is 18.1. The lowest BCUT2D eigenvalue weighted by Crippen LogP contribution is -2.25. The summed E-state index contributed by atoms with van der Waals surface area (Å²) in [5.74, 6) is 0.556. The van der Waals surface area contributed by atoms with E-state index in [1.54, 1.807) is 0 Å². The van der Waals surface area contributed by atoms with Crippen LogP contribution in [0.1, 0.15) is 60.4 Å². The van der Waals surface area contributed by atoms with E-state index < -0.39 is 0 Å². The van der Waals surface area contributed by atoms with Crippen molar-refractivity contribution in [3.63, 3.8) is 0 Å². The molecule has 120 valence electrons. The molecule has 0 aliphatic carbocycles. The predicted octanol–water partition coefficient (Wildman–Crippen LogP) is 3.59. The third-order valence-electron chi connectivity index (χ3n) is 3.02.